The molecule has 1 fully saturated rings. The average molecular weight is 532 g/mol. The molecule has 1 aromatic carbocycles. The summed E-state index contributed by atoms with van der Waals surface area (Å²) < 4.78 is 95.6. The van der Waals surface area contributed by atoms with Gasteiger partial charge in [0.05, 0.1) is 0 Å². The molecule has 3 unspecified atom stereocenters. The van der Waals surface area contributed by atoms with E-state index < -0.39 is 51.9 Å². The first-order valence-corrected chi connectivity index (χ1v) is 14.9. The van der Waals surface area contributed by atoms with Crippen LogP contribution in [0.15, 0.2) is 35.9 Å². The molecule has 1 N–H and O–H groups in total. The molecule has 29 heavy (non-hydrogen) atoms. The predicted octanol–water partition coefficient (Wildman–Crippen LogP) is 5.39. The molecule has 1 aliphatic rings. The van der Waals surface area contributed by atoms with Gasteiger partial charge in [-0.15, -0.1) is 0 Å². The average Bonchev–Trinajstić information content (AvgIpc) is 2.60. The van der Waals surface area contributed by atoms with Crippen LogP contribution in [0.4, 0.5) is 26.3 Å². The van der Waals surface area contributed by atoms with Gasteiger partial charge in [-0.1, -0.05) is 0 Å². The van der Waals surface area contributed by atoms with Crippen molar-refractivity contribution >= 4 is 28.0 Å². The summed E-state index contributed by atoms with van der Waals surface area (Å²) in [5.74, 6) is 0. The summed E-state index contributed by atoms with van der Waals surface area (Å²) in [7, 11) is 0. The topological polar surface area (TPSA) is 50.2 Å². The van der Waals surface area contributed by atoms with E-state index in [4.69, 9.17) is 10.1 Å². The Morgan fingerprint density at radius 1 is 1.28 bits per heavy atom. The number of halogens is 6. The molecule has 1 saturated heterocycles. The van der Waals surface area contributed by atoms with Crippen LogP contribution >= 0.6 is 0 Å². The first-order valence-electron chi connectivity index (χ1n) is 8.79. The molecule has 0 saturated carbocycles. The second kappa shape index (κ2) is 8.14. The molecule has 1 aromatic rings. The van der Waals surface area contributed by atoms with E-state index in [1.165, 1.54) is 23.9 Å². The summed E-state index contributed by atoms with van der Waals surface area (Å²) in [5, 5.41) is 7.11. The Kier molecular flexibility index (Phi) is 6.75. The summed E-state index contributed by atoms with van der Waals surface area (Å²) in [4.78, 5) is 1.49. The third kappa shape index (κ3) is 5.29. The zero-order chi connectivity index (χ0) is 22.3. The summed E-state index contributed by atoms with van der Waals surface area (Å²) in [5.41, 5.74) is -2.23. The first kappa shape index (κ1) is 24.1. The van der Waals surface area contributed by atoms with Crippen molar-refractivity contribution in [3.8, 4) is 0 Å². The van der Waals surface area contributed by atoms with Gasteiger partial charge in [-0.2, -0.15) is 0 Å². The standard InChI is InChI=1S/C11H15F3NO.C7H4F3.CH3.O.Sb/c1-7-3-4-16-9(5-7)8(2)6-10(15)11(12,13)14;8-7(9,10)6-4-2-1-3-5-6;;;/h6,9,15H,3-5H2,1-2H3;1-2,4-5H;1H3;;/b8-6+,15-10?;;;;. The van der Waals surface area contributed by atoms with E-state index >= 15 is 0 Å². The van der Waals surface area contributed by atoms with E-state index in [9.17, 15) is 29.4 Å². The van der Waals surface area contributed by atoms with E-state index in [0.717, 1.165) is 12.1 Å². The minimum absolute atomic E-state index is 0.113. The molecule has 1 aliphatic heterocycles. The van der Waals surface area contributed by atoms with Crippen molar-refractivity contribution in [1.29, 1.82) is 5.41 Å². The fourth-order valence-electron chi connectivity index (χ4n) is 3.32. The van der Waals surface area contributed by atoms with Crippen LogP contribution in [-0.2, 0) is 13.9 Å². The quantitative estimate of drug-likeness (QED) is 0.322. The molecule has 0 aromatic heterocycles. The van der Waals surface area contributed by atoms with Crippen molar-refractivity contribution < 1.29 is 34.1 Å². The molecule has 0 aliphatic carbocycles. The molecule has 0 bridgehead atoms. The maximum atomic E-state index is 13.7. The molecule has 0 radical (unpaired) electrons. The van der Waals surface area contributed by atoms with Crippen LogP contribution in [0.3, 0.4) is 0 Å². The van der Waals surface area contributed by atoms with Crippen LogP contribution in [0, 0.1) is 5.41 Å². The molecule has 162 valence electrons. The van der Waals surface area contributed by atoms with E-state index in [2.05, 4.69) is 0 Å². The molecule has 0 amide bonds. The molecular weight excluding hydrogens is 510 g/mol. The summed E-state index contributed by atoms with van der Waals surface area (Å²) >= 11 is -4.49. The van der Waals surface area contributed by atoms with Crippen LogP contribution in [-0.4, -0.2) is 43.4 Å². The Hall–Kier alpha value is -1.21. The van der Waals surface area contributed by atoms with Gasteiger partial charge in [0, 0.05) is 0 Å². The van der Waals surface area contributed by atoms with Crippen LogP contribution in [0.25, 0.3) is 0 Å². The number of benzene rings is 1. The van der Waals surface area contributed by atoms with Crippen molar-refractivity contribution in [2.45, 2.75) is 53.4 Å². The Balaban J connectivity index is 2.35. The summed E-state index contributed by atoms with van der Waals surface area (Å²) in [6.07, 6.45) is -9.02. The normalized spacial score (nSPS) is 26.1. The predicted molar refractivity (Wildman–Crippen MR) is 98.3 cm³/mol. The minimum atomic E-state index is -4.79. The molecule has 2 rings (SSSR count). The van der Waals surface area contributed by atoms with E-state index in [0.29, 0.717) is 12.5 Å². The van der Waals surface area contributed by atoms with Crippen LogP contribution < -0.4 is 3.51 Å². The SMILES string of the molecule is C/C(=C\C(=N)C(F)(F)F)C1C[C](C)([Sb]([CH3])(=[O])[c]2cccc(C(F)(F)F)c2)CCO1. The van der Waals surface area contributed by atoms with Crippen molar-refractivity contribution in [1.82, 2.24) is 0 Å². The first-order chi connectivity index (χ1) is 13.1. The number of alkyl halides is 6. The molecule has 0 spiro atoms. The van der Waals surface area contributed by atoms with Crippen molar-refractivity contribution in [2.24, 2.45) is 0 Å². The van der Waals surface area contributed by atoms with Gasteiger partial charge in [0.2, 0.25) is 0 Å². The van der Waals surface area contributed by atoms with Crippen molar-refractivity contribution in [3.63, 3.8) is 0 Å². The maximum absolute atomic E-state index is 13.7. The number of ether oxygens (including phenoxy) is 1. The summed E-state index contributed by atoms with van der Waals surface area (Å²) in [6.45, 7) is 3.22. The third-order valence-corrected chi connectivity index (χ3v) is 16.1. The van der Waals surface area contributed by atoms with Crippen LogP contribution in [0.5, 0.6) is 0 Å². The van der Waals surface area contributed by atoms with Gasteiger partial charge in [-0.05, 0) is 0 Å². The zero-order valence-electron chi connectivity index (χ0n) is 16.1. The Bertz CT molecular complexity index is 861. The van der Waals surface area contributed by atoms with Gasteiger partial charge in [-0.3, -0.25) is 0 Å². The Morgan fingerprint density at radius 3 is 2.45 bits per heavy atom. The molecule has 3 nitrogen and oxygen atoms in total. The number of rotatable bonds is 4. The van der Waals surface area contributed by atoms with Crippen LogP contribution in [0.2, 0.25) is 8.23 Å². The number of hydrogen-bond acceptors (Lipinski definition) is 3. The van der Waals surface area contributed by atoms with Gasteiger partial charge in [-0.25, -0.2) is 0 Å². The molecule has 3 atom stereocenters. The third-order valence-electron chi connectivity index (χ3n) is 5.47. The second-order valence-electron chi connectivity index (χ2n) is 7.58. The van der Waals surface area contributed by atoms with E-state index in [1.54, 1.807) is 6.92 Å². The number of nitrogens with one attached hydrogen (secondary N) is 1. The van der Waals surface area contributed by atoms with Crippen LogP contribution in [0.1, 0.15) is 32.3 Å². The monoisotopic (exact) mass is 531 g/mol. The van der Waals surface area contributed by atoms with Crippen molar-refractivity contribution in [2.75, 3.05) is 6.61 Å². The van der Waals surface area contributed by atoms with Gasteiger partial charge >= 0.3 is 169 Å². The number of allylic oxidation sites excluding steroid dienone is 1. The molecular formula is C19H22F6NO2Sb. The fourth-order valence-corrected chi connectivity index (χ4v) is 10.2. The van der Waals surface area contributed by atoms with E-state index in [-0.39, 0.29) is 22.1 Å². The van der Waals surface area contributed by atoms with E-state index in [1.807, 2.05) is 0 Å². The van der Waals surface area contributed by atoms with Crippen molar-refractivity contribution in [3.05, 3.63) is 41.5 Å². The Morgan fingerprint density at radius 2 is 1.90 bits per heavy atom. The van der Waals surface area contributed by atoms with Gasteiger partial charge in [0.1, 0.15) is 0 Å². The second-order valence-corrected chi connectivity index (χ2v) is 17.4. The fraction of sp³-hybridized carbons (Fsp3) is 0.526. The Labute approximate surface area is 169 Å². The number of hydrogen-bond donors (Lipinski definition) is 1. The molecule has 10 heteroatoms. The summed E-state index contributed by atoms with van der Waals surface area (Å²) in [6, 6.07) is 4.47. The van der Waals surface area contributed by atoms with Gasteiger partial charge in [0.25, 0.3) is 0 Å². The van der Waals surface area contributed by atoms with Gasteiger partial charge < -0.3 is 0 Å². The zero-order valence-corrected chi connectivity index (χ0v) is 18.7. The van der Waals surface area contributed by atoms with Gasteiger partial charge in [0.15, 0.2) is 0 Å². The molecule has 1 heterocycles.